The summed E-state index contributed by atoms with van der Waals surface area (Å²) in [6.45, 7) is 0. The van der Waals surface area contributed by atoms with Gasteiger partial charge in [-0.05, 0) is 29.1 Å². The molecule has 4 nitrogen and oxygen atoms in total. The van der Waals surface area contributed by atoms with Crippen LogP contribution in [-0.2, 0) is 10.3 Å². The summed E-state index contributed by atoms with van der Waals surface area (Å²) in [5.41, 5.74) is 1.18. The second kappa shape index (κ2) is 4.65. The van der Waals surface area contributed by atoms with E-state index in [2.05, 4.69) is 15.9 Å². The number of halogens is 2. The highest BCUT2D eigenvalue weighted by molar-refractivity contribution is 9.10. The van der Waals surface area contributed by atoms with Gasteiger partial charge >= 0.3 is 0 Å². The maximum absolute atomic E-state index is 12.3. The number of nitro groups is 1. The lowest BCUT2D eigenvalue weighted by Crippen LogP contribution is -2.63. The number of fused-ring (bicyclic) bond motifs is 1. The monoisotopic (exact) mass is 391 g/mol. The maximum Gasteiger partial charge on any atom is 0.295 e. The summed E-state index contributed by atoms with van der Waals surface area (Å²) in [6, 6.07) is 14.5. The number of alkyl halides is 1. The van der Waals surface area contributed by atoms with E-state index >= 15 is 0 Å². The van der Waals surface area contributed by atoms with Gasteiger partial charge in [0.05, 0.1) is 0 Å². The molecule has 0 heterocycles. The molecule has 5 rings (SSSR count). The third kappa shape index (κ3) is 1.54. The van der Waals surface area contributed by atoms with Gasteiger partial charge in [0.1, 0.15) is 0 Å². The van der Waals surface area contributed by atoms with E-state index in [9.17, 15) is 14.9 Å². The average molecular weight is 393 g/mol. The van der Waals surface area contributed by atoms with Crippen LogP contribution >= 0.6 is 27.5 Å². The van der Waals surface area contributed by atoms with E-state index in [1.807, 2.05) is 24.3 Å². The summed E-state index contributed by atoms with van der Waals surface area (Å²) in [6.07, 6.45) is 0.268. The van der Waals surface area contributed by atoms with Crippen molar-refractivity contribution < 1.29 is 9.72 Å². The first kappa shape index (κ1) is 14.8. The molecule has 0 saturated carbocycles. The highest BCUT2D eigenvalue weighted by atomic mass is 79.9. The van der Waals surface area contributed by atoms with Crippen LogP contribution in [0.3, 0.4) is 0 Å². The molecule has 0 spiro atoms. The summed E-state index contributed by atoms with van der Waals surface area (Å²) in [5.74, 6) is -0.0914. The van der Waals surface area contributed by atoms with Crippen LogP contribution < -0.4 is 0 Å². The molecule has 0 N–H and O–H groups in total. The van der Waals surface area contributed by atoms with Crippen LogP contribution in [0.2, 0.25) is 0 Å². The number of hydrogen-bond acceptors (Lipinski definition) is 3. The Morgan fingerprint density at radius 3 is 2.04 bits per heavy atom. The van der Waals surface area contributed by atoms with Gasteiger partial charge < -0.3 is 0 Å². The van der Waals surface area contributed by atoms with E-state index in [-0.39, 0.29) is 17.3 Å². The van der Waals surface area contributed by atoms with Crippen LogP contribution in [0.5, 0.6) is 0 Å². The van der Waals surface area contributed by atoms with Crippen molar-refractivity contribution in [1.82, 2.24) is 0 Å². The highest BCUT2D eigenvalue weighted by Crippen LogP contribution is 2.64. The Labute approximate surface area is 145 Å². The Balaban J connectivity index is 2.21. The molecule has 2 bridgehead atoms. The second-order valence-corrected chi connectivity index (χ2v) is 7.67. The molecule has 23 heavy (non-hydrogen) atoms. The topological polar surface area (TPSA) is 60.2 Å². The number of rotatable bonds is 2. The molecule has 0 aliphatic heterocycles. The molecule has 3 aliphatic carbocycles. The predicted octanol–water partition coefficient (Wildman–Crippen LogP) is 3.96. The minimum atomic E-state index is -1.71. The standard InChI is InChI=1S/C17H11BrClNO3/c18-16(15(19)21)9-12-10-5-1-3-7-13(10)17(16,20(22)23)14-8-4-2-6-11(12)14/h1-8,12H,9H2/t12?,16-,17?/m1/s1. The third-order valence-corrected chi connectivity index (χ3v) is 6.90. The smallest absolute Gasteiger partial charge is 0.279 e. The minimum Gasteiger partial charge on any atom is -0.279 e. The maximum atomic E-state index is 12.3. The molecular formula is C17H11BrClNO3. The van der Waals surface area contributed by atoms with Gasteiger partial charge in [-0.1, -0.05) is 64.5 Å². The first-order valence-corrected chi connectivity index (χ1v) is 8.34. The Bertz CT molecular complexity index is 821. The minimum absolute atomic E-state index is 0.0914. The molecule has 3 aliphatic rings. The van der Waals surface area contributed by atoms with Crippen LogP contribution in [0, 0.1) is 10.1 Å². The fourth-order valence-corrected chi connectivity index (χ4v) is 5.32. The molecule has 2 aromatic carbocycles. The van der Waals surface area contributed by atoms with Gasteiger partial charge in [0, 0.05) is 22.0 Å². The molecule has 2 aromatic rings. The molecular weight excluding hydrogens is 382 g/mol. The van der Waals surface area contributed by atoms with E-state index in [4.69, 9.17) is 11.6 Å². The van der Waals surface area contributed by atoms with Gasteiger partial charge in [-0.25, -0.2) is 0 Å². The third-order valence-electron chi connectivity index (χ3n) is 5.10. The normalized spacial score (nSPS) is 30.4. The van der Waals surface area contributed by atoms with Crippen LogP contribution in [-0.4, -0.2) is 14.5 Å². The first-order chi connectivity index (χ1) is 10.9. The van der Waals surface area contributed by atoms with Crippen molar-refractivity contribution in [2.45, 2.75) is 22.2 Å². The predicted molar refractivity (Wildman–Crippen MR) is 89.6 cm³/mol. The Morgan fingerprint density at radius 2 is 1.61 bits per heavy atom. The molecule has 1 atom stereocenters. The summed E-state index contributed by atoms with van der Waals surface area (Å²) >= 11 is 9.26. The quantitative estimate of drug-likeness (QED) is 0.336. The van der Waals surface area contributed by atoms with Gasteiger partial charge in [0.15, 0.2) is 4.32 Å². The van der Waals surface area contributed by atoms with Crippen molar-refractivity contribution in [3.05, 3.63) is 80.9 Å². The lowest BCUT2D eigenvalue weighted by atomic mass is 9.55. The molecule has 0 unspecified atom stereocenters. The van der Waals surface area contributed by atoms with E-state index in [0.717, 1.165) is 11.1 Å². The van der Waals surface area contributed by atoms with Gasteiger partial charge in [0.2, 0.25) is 5.24 Å². The van der Waals surface area contributed by atoms with Crippen LogP contribution in [0.4, 0.5) is 0 Å². The van der Waals surface area contributed by atoms with Crippen molar-refractivity contribution in [3.63, 3.8) is 0 Å². The number of hydrogen-bond donors (Lipinski definition) is 0. The van der Waals surface area contributed by atoms with Gasteiger partial charge in [-0.2, -0.15) is 0 Å². The lowest BCUT2D eigenvalue weighted by Gasteiger charge is -2.50. The Hall–Kier alpha value is -1.72. The first-order valence-electron chi connectivity index (χ1n) is 7.16. The van der Waals surface area contributed by atoms with Crippen molar-refractivity contribution in [3.8, 4) is 0 Å². The van der Waals surface area contributed by atoms with Gasteiger partial charge in [-0.15, -0.1) is 0 Å². The number of nitrogens with zero attached hydrogens (tertiary/aromatic N) is 1. The van der Waals surface area contributed by atoms with Crippen molar-refractivity contribution >= 4 is 32.8 Å². The summed E-state index contributed by atoms with van der Waals surface area (Å²) in [5, 5.41) is 11.6. The molecule has 0 aromatic heterocycles. The molecule has 6 heteroatoms. The fraction of sp³-hybridized carbons (Fsp3) is 0.235. The molecule has 0 amide bonds. The number of carbonyl (C=O) groups is 1. The zero-order valence-electron chi connectivity index (χ0n) is 11.8. The lowest BCUT2D eigenvalue weighted by molar-refractivity contribution is -0.572. The van der Waals surface area contributed by atoms with E-state index < -0.39 is 15.1 Å². The Kier molecular flexibility index (Phi) is 3.00. The summed E-state index contributed by atoms with van der Waals surface area (Å²) in [7, 11) is 0. The van der Waals surface area contributed by atoms with Crippen molar-refractivity contribution in [2.75, 3.05) is 0 Å². The zero-order valence-corrected chi connectivity index (χ0v) is 14.2. The molecule has 0 radical (unpaired) electrons. The van der Waals surface area contributed by atoms with Crippen molar-refractivity contribution in [2.24, 2.45) is 0 Å². The summed E-state index contributed by atoms with van der Waals surface area (Å²) in [4.78, 5) is 24.2. The van der Waals surface area contributed by atoms with Crippen molar-refractivity contribution in [1.29, 1.82) is 0 Å². The zero-order chi connectivity index (χ0) is 16.4. The van der Waals surface area contributed by atoms with E-state index in [1.165, 1.54) is 0 Å². The molecule has 116 valence electrons. The van der Waals surface area contributed by atoms with E-state index in [0.29, 0.717) is 11.1 Å². The Morgan fingerprint density at radius 1 is 1.13 bits per heavy atom. The van der Waals surface area contributed by atoms with Gasteiger partial charge in [0.25, 0.3) is 5.54 Å². The molecule has 0 fully saturated rings. The van der Waals surface area contributed by atoms with Crippen LogP contribution in [0.25, 0.3) is 0 Å². The second-order valence-electron chi connectivity index (χ2n) is 5.97. The molecule has 0 saturated heterocycles. The van der Waals surface area contributed by atoms with Gasteiger partial charge in [-0.3, -0.25) is 14.9 Å². The fourth-order valence-electron chi connectivity index (χ4n) is 4.21. The number of benzene rings is 2. The summed E-state index contributed by atoms with van der Waals surface area (Å²) < 4.78 is -1.46. The van der Waals surface area contributed by atoms with E-state index in [1.54, 1.807) is 24.3 Å². The SMILES string of the molecule is O=C(Cl)[C@]1(Br)CC2c3ccccc3C1([N+](=O)[O-])c1ccccc12. The highest BCUT2D eigenvalue weighted by Gasteiger charge is 2.73. The van der Waals surface area contributed by atoms with Crippen LogP contribution in [0.15, 0.2) is 48.5 Å². The number of carbonyl (C=O) groups excluding carboxylic acids is 1. The average Bonchev–Trinajstić information content (AvgIpc) is 2.54. The largest absolute Gasteiger partial charge is 0.295 e. The van der Waals surface area contributed by atoms with Crippen LogP contribution in [0.1, 0.15) is 34.6 Å².